The SMILES string of the molecule is CCOC(=O)c1cc2c(=O)n3ccccc3nc2n(C[C@H]2CCCO2)c1=NC(=O)c1cc(Cl)ccc1Cl. The number of ether oxygens (including phenoxy) is 2. The van der Waals surface area contributed by atoms with Crippen LogP contribution in [0.5, 0.6) is 0 Å². The monoisotopic (exact) mass is 540 g/mol. The van der Waals surface area contributed by atoms with E-state index in [1.54, 1.807) is 42.0 Å². The summed E-state index contributed by atoms with van der Waals surface area (Å²) in [7, 11) is 0. The van der Waals surface area contributed by atoms with Crippen molar-refractivity contribution in [2.24, 2.45) is 4.99 Å². The largest absolute Gasteiger partial charge is 0.462 e. The van der Waals surface area contributed by atoms with E-state index >= 15 is 0 Å². The molecule has 1 aliphatic heterocycles. The highest BCUT2D eigenvalue weighted by Crippen LogP contribution is 2.22. The quantitative estimate of drug-likeness (QED) is 0.279. The molecule has 0 spiro atoms. The van der Waals surface area contributed by atoms with Crippen LogP contribution in [0.15, 0.2) is 58.4 Å². The molecule has 9 nitrogen and oxygen atoms in total. The number of nitrogens with zero attached hydrogens (tertiary/aromatic N) is 4. The average Bonchev–Trinajstić information content (AvgIpc) is 3.40. The number of esters is 1. The first kappa shape index (κ1) is 25.1. The van der Waals surface area contributed by atoms with Crippen LogP contribution in [0.3, 0.4) is 0 Å². The lowest BCUT2D eigenvalue weighted by atomic mass is 10.1. The summed E-state index contributed by atoms with van der Waals surface area (Å²) in [6.07, 6.45) is 3.00. The maximum absolute atomic E-state index is 13.4. The number of carbonyl (C=O) groups excluding carboxylic acids is 2. The second-order valence-electron chi connectivity index (χ2n) is 8.47. The number of benzene rings is 1. The fourth-order valence-electron chi connectivity index (χ4n) is 4.34. The third-order valence-corrected chi connectivity index (χ3v) is 6.63. The van der Waals surface area contributed by atoms with E-state index in [9.17, 15) is 14.4 Å². The molecule has 3 aromatic heterocycles. The number of pyridine rings is 2. The summed E-state index contributed by atoms with van der Waals surface area (Å²) in [5.74, 6) is -1.44. The van der Waals surface area contributed by atoms with Gasteiger partial charge >= 0.3 is 5.97 Å². The molecule has 0 unspecified atom stereocenters. The Balaban J connectivity index is 1.87. The molecule has 37 heavy (non-hydrogen) atoms. The van der Waals surface area contributed by atoms with Gasteiger partial charge in [-0.2, -0.15) is 4.99 Å². The van der Waals surface area contributed by atoms with Crippen LogP contribution >= 0.6 is 23.2 Å². The Morgan fingerprint density at radius 1 is 1.19 bits per heavy atom. The first-order chi connectivity index (χ1) is 17.9. The molecule has 1 fully saturated rings. The predicted octanol–water partition coefficient (Wildman–Crippen LogP) is 4.05. The molecule has 1 atom stereocenters. The van der Waals surface area contributed by atoms with Crippen LogP contribution in [-0.4, -0.2) is 45.1 Å². The molecular formula is C26H22Cl2N4O5. The lowest BCUT2D eigenvalue weighted by molar-refractivity contribution is 0.0521. The fraction of sp³-hybridized carbons (Fsp3) is 0.269. The zero-order chi connectivity index (χ0) is 26.1. The summed E-state index contributed by atoms with van der Waals surface area (Å²) in [5.41, 5.74) is 0.314. The van der Waals surface area contributed by atoms with E-state index in [1.807, 2.05) is 0 Å². The highest BCUT2D eigenvalue weighted by atomic mass is 35.5. The van der Waals surface area contributed by atoms with Gasteiger partial charge in [0, 0.05) is 17.8 Å². The van der Waals surface area contributed by atoms with Gasteiger partial charge in [0.1, 0.15) is 16.9 Å². The number of hydrogen-bond acceptors (Lipinski definition) is 6. The third kappa shape index (κ3) is 4.90. The van der Waals surface area contributed by atoms with Crippen LogP contribution in [0.4, 0.5) is 0 Å². The van der Waals surface area contributed by atoms with Crippen molar-refractivity contribution in [3.63, 3.8) is 0 Å². The molecule has 1 amide bonds. The van der Waals surface area contributed by atoms with E-state index in [2.05, 4.69) is 4.99 Å². The Labute approximate surface area is 220 Å². The van der Waals surface area contributed by atoms with Gasteiger partial charge in [0.25, 0.3) is 11.5 Å². The number of amides is 1. The second kappa shape index (κ2) is 10.5. The first-order valence-electron chi connectivity index (χ1n) is 11.7. The van der Waals surface area contributed by atoms with Gasteiger partial charge in [-0.25, -0.2) is 9.78 Å². The van der Waals surface area contributed by atoms with Crippen LogP contribution < -0.4 is 11.0 Å². The normalized spacial score (nSPS) is 16.0. The summed E-state index contributed by atoms with van der Waals surface area (Å²) >= 11 is 12.3. The van der Waals surface area contributed by atoms with E-state index in [0.29, 0.717) is 17.3 Å². The van der Waals surface area contributed by atoms with E-state index in [4.69, 9.17) is 37.7 Å². The molecule has 0 N–H and O–H groups in total. The van der Waals surface area contributed by atoms with Crippen molar-refractivity contribution in [3.8, 4) is 0 Å². The molecule has 0 bridgehead atoms. The van der Waals surface area contributed by atoms with Crippen molar-refractivity contribution in [1.82, 2.24) is 14.0 Å². The molecule has 1 saturated heterocycles. The zero-order valence-electron chi connectivity index (χ0n) is 19.8. The van der Waals surface area contributed by atoms with Gasteiger partial charge < -0.3 is 14.0 Å². The number of carbonyl (C=O) groups is 2. The topological polar surface area (TPSA) is 104 Å². The van der Waals surface area contributed by atoms with Gasteiger partial charge in [0.05, 0.1) is 35.2 Å². The Bertz CT molecular complexity index is 1670. The predicted molar refractivity (Wildman–Crippen MR) is 138 cm³/mol. The smallest absolute Gasteiger partial charge is 0.341 e. The van der Waals surface area contributed by atoms with E-state index in [-0.39, 0.29) is 57.5 Å². The minimum absolute atomic E-state index is 0.00493. The second-order valence-corrected chi connectivity index (χ2v) is 9.32. The Morgan fingerprint density at radius 3 is 2.78 bits per heavy atom. The molecule has 4 heterocycles. The maximum atomic E-state index is 13.4. The Kier molecular flexibility index (Phi) is 7.10. The van der Waals surface area contributed by atoms with E-state index in [0.717, 1.165) is 12.8 Å². The highest BCUT2D eigenvalue weighted by molar-refractivity contribution is 6.35. The van der Waals surface area contributed by atoms with Gasteiger partial charge in [-0.3, -0.25) is 14.0 Å². The first-order valence-corrected chi connectivity index (χ1v) is 12.5. The summed E-state index contributed by atoms with van der Waals surface area (Å²) in [6, 6.07) is 11.0. The number of halogens is 2. The molecular weight excluding hydrogens is 519 g/mol. The standard InChI is InChI=1S/C26H22Cl2N4O5/c1-2-36-26(35)19-13-18-22(29-21-7-3-4-10-31(21)25(18)34)32(14-16-6-5-11-37-16)23(19)30-24(33)17-12-15(27)8-9-20(17)28/h3-4,7-10,12-13,16H,2,5-6,11,14H2,1H3/t16-/m1/s1. The molecule has 1 aromatic carbocycles. The summed E-state index contributed by atoms with van der Waals surface area (Å²) in [6.45, 7) is 2.56. The summed E-state index contributed by atoms with van der Waals surface area (Å²) in [4.78, 5) is 48.9. The van der Waals surface area contributed by atoms with Crippen LogP contribution in [-0.2, 0) is 16.0 Å². The zero-order valence-corrected chi connectivity index (χ0v) is 21.3. The van der Waals surface area contributed by atoms with Gasteiger partial charge in [-0.15, -0.1) is 0 Å². The highest BCUT2D eigenvalue weighted by Gasteiger charge is 2.24. The number of rotatable bonds is 5. The Hall–Kier alpha value is -3.53. The van der Waals surface area contributed by atoms with Crippen molar-refractivity contribution in [3.05, 3.63) is 85.7 Å². The molecule has 0 radical (unpaired) electrons. The molecule has 4 aromatic rings. The van der Waals surface area contributed by atoms with Crippen molar-refractivity contribution >= 4 is 51.8 Å². The average molecular weight is 541 g/mol. The van der Waals surface area contributed by atoms with Crippen molar-refractivity contribution in [1.29, 1.82) is 0 Å². The van der Waals surface area contributed by atoms with Crippen molar-refractivity contribution in [2.45, 2.75) is 32.4 Å². The summed E-state index contributed by atoms with van der Waals surface area (Å²) in [5, 5.41) is 0.641. The Morgan fingerprint density at radius 2 is 2.03 bits per heavy atom. The molecule has 11 heteroatoms. The van der Waals surface area contributed by atoms with Crippen LogP contribution in [0.2, 0.25) is 10.0 Å². The summed E-state index contributed by atoms with van der Waals surface area (Å²) < 4.78 is 14.1. The number of fused-ring (bicyclic) bond motifs is 2. The molecule has 0 saturated carbocycles. The molecule has 5 rings (SSSR count). The lowest BCUT2D eigenvalue weighted by Gasteiger charge is -2.18. The van der Waals surface area contributed by atoms with Crippen molar-refractivity contribution < 1.29 is 19.1 Å². The number of aromatic nitrogens is 3. The molecule has 1 aliphatic rings. The fourth-order valence-corrected chi connectivity index (χ4v) is 4.71. The van der Waals surface area contributed by atoms with Crippen LogP contribution in [0.1, 0.15) is 40.5 Å². The van der Waals surface area contributed by atoms with Crippen LogP contribution in [0, 0.1) is 0 Å². The van der Waals surface area contributed by atoms with Gasteiger partial charge in [0.2, 0.25) is 0 Å². The maximum Gasteiger partial charge on any atom is 0.341 e. The molecule has 0 aliphatic carbocycles. The van der Waals surface area contributed by atoms with Crippen LogP contribution in [0.25, 0.3) is 16.7 Å². The van der Waals surface area contributed by atoms with E-state index < -0.39 is 11.9 Å². The minimum Gasteiger partial charge on any atom is -0.462 e. The van der Waals surface area contributed by atoms with E-state index in [1.165, 1.54) is 22.6 Å². The third-order valence-electron chi connectivity index (χ3n) is 6.06. The van der Waals surface area contributed by atoms with Crippen molar-refractivity contribution in [2.75, 3.05) is 13.2 Å². The molecule has 190 valence electrons. The number of hydrogen-bond donors (Lipinski definition) is 0. The van der Waals surface area contributed by atoms with Gasteiger partial charge in [-0.05, 0) is 56.2 Å². The lowest BCUT2D eigenvalue weighted by Crippen LogP contribution is -2.35. The van der Waals surface area contributed by atoms with Gasteiger partial charge in [0.15, 0.2) is 5.49 Å². The van der Waals surface area contributed by atoms with Gasteiger partial charge in [-0.1, -0.05) is 29.3 Å². The minimum atomic E-state index is -0.730.